The van der Waals surface area contributed by atoms with Gasteiger partial charge in [0, 0.05) is 44.0 Å². The summed E-state index contributed by atoms with van der Waals surface area (Å²) in [6, 6.07) is 4.42. The molecule has 2 fully saturated rings. The first kappa shape index (κ1) is 21.5. The smallest absolute Gasteiger partial charge is 0.220 e. The fourth-order valence-corrected chi connectivity index (χ4v) is 3.23. The van der Waals surface area contributed by atoms with Crippen molar-refractivity contribution in [1.82, 2.24) is 9.88 Å². The summed E-state index contributed by atoms with van der Waals surface area (Å²) in [6.45, 7) is 7.20. The fourth-order valence-electron chi connectivity index (χ4n) is 3.23. The second kappa shape index (κ2) is 10.5. The molecule has 9 nitrogen and oxygen atoms in total. The Labute approximate surface area is 176 Å². The number of nitrogens with zero attached hydrogens (tertiary/aromatic N) is 6. The lowest BCUT2D eigenvalue weighted by atomic mass is 10.2. The number of ether oxygens (including phenoxy) is 2. The van der Waals surface area contributed by atoms with Crippen LogP contribution in [0.3, 0.4) is 0 Å². The number of hydrogen-bond donors (Lipinski definition) is 1. The summed E-state index contributed by atoms with van der Waals surface area (Å²) in [4.78, 5) is 17.6. The number of rotatable bonds is 6. The summed E-state index contributed by atoms with van der Waals surface area (Å²) >= 11 is 0. The third kappa shape index (κ3) is 5.43. The topological polar surface area (TPSA) is 112 Å². The second-order valence-electron chi connectivity index (χ2n) is 6.90. The van der Waals surface area contributed by atoms with E-state index in [9.17, 15) is 0 Å². The van der Waals surface area contributed by atoms with E-state index in [2.05, 4.69) is 30.8 Å². The normalized spacial score (nSPS) is 19.3. The number of methoxy groups -OCH3 is 1. The number of nitrogens with two attached hydrogens (primary N) is 1. The van der Waals surface area contributed by atoms with Crippen molar-refractivity contribution in [3.05, 3.63) is 36.1 Å². The molecular formula is C21H27N7O2. The SMILES string of the molecule is C/C=C(C#N)/C=C/C=N/C(N)=Nc1cnc(N2CCN(C3COC3)CC2)c(OC)c1. The predicted octanol–water partition coefficient (Wildman–Crippen LogP) is 1.65. The largest absolute Gasteiger partial charge is 0.493 e. The molecule has 0 amide bonds. The minimum absolute atomic E-state index is 0.0894. The third-order valence-corrected chi connectivity index (χ3v) is 5.04. The highest BCUT2D eigenvalue weighted by Gasteiger charge is 2.29. The standard InChI is InChI=1S/C21H27N7O2/c1-3-16(12-22)5-4-6-24-21(23)26-17-11-19(29-2)20(25-13-17)28-9-7-27(8-10-28)18-14-30-15-18/h3-6,11,13,18H,7-10,14-15H2,1-2H3,(H2,23,26)/b5-4+,16-3-,24-6+. The van der Waals surface area contributed by atoms with Gasteiger partial charge in [-0.05, 0) is 19.1 Å². The highest BCUT2D eigenvalue weighted by Crippen LogP contribution is 2.30. The van der Waals surface area contributed by atoms with E-state index >= 15 is 0 Å². The molecule has 30 heavy (non-hydrogen) atoms. The average Bonchev–Trinajstić information content (AvgIpc) is 2.73. The summed E-state index contributed by atoms with van der Waals surface area (Å²) in [7, 11) is 1.62. The molecule has 0 unspecified atom stereocenters. The van der Waals surface area contributed by atoms with Crippen LogP contribution < -0.4 is 15.4 Å². The number of hydrogen-bond acceptors (Lipinski definition) is 7. The molecule has 0 aromatic carbocycles. The van der Waals surface area contributed by atoms with Crippen molar-refractivity contribution in [2.45, 2.75) is 13.0 Å². The quantitative estimate of drug-likeness (QED) is 0.329. The molecule has 0 aliphatic carbocycles. The Kier molecular flexibility index (Phi) is 7.54. The average molecular weight is 409 g/mol. The Balaban J connectivity index is 1.63. The van der Waals surface area contributed by atoms with Crippen LogP contribution in [-0.4, -0.2) is 74.6 Å². The van der Waals surface area contributed by atoms with E-state index in [0.29, 0.717) is 23.1 Å². The number of anilines is 1. The van der Waals surface area contributed by atoms with E-state index in [1.165, 1.54) is 6.21 Å². The van der Waals surface area contributed by atoms with E-state index in [1.807, 2.05) is 0 Å². The molecule has 0 atom stereocenters. The summed E-state index contributed by atoms with van der Waals surface area (Å²) in [5, 5.41) is 8.85. The molecular weight excluding hydrogens is 382 g/mol. The van der Waals surface area contributed by atoms with Crippen molar-refractivity contribution in [2.24, 2.45) is 15.7 Å². The number of nitriles is 1. The van der Waals surface area contributed by atoms with Gasteiger partial charge in [-0.2, -0.15) is 5.26 Å². The number of pyridine rings is 1. The van der Waals surface area contributed by atoms with E-state index in [-0.39, 0.29) is 5.96 Å². The Morgan fingerprint density at radius 2 is 2.13 bits per heavy atom. The van der Waals surface area contributed by atoms with Gasteiger partial charge in [0.25, 0.3) is 0 Å². The number of aromatic nitrogens is 1. The second-order valence-corrected chi connectivity index (χ2v) is 6.90. The third-order valence-electron chi connectivity index (χ3n) is 5.04. The Morgan fingerprint density at radius 1 is 1.37 bits per heavy atom. The van der Waals surface area contributed by atoms with Crippen LogP contribution in [0.1, 0.15) is 6.92 Å². The molecule has 3 heterocycles. The van der Waals surface area contributed by atoms with Crippen LogP contribution in [0.2, 0.25) is 0 Å². The summed E-state index contributed by atoms with van der Waals surface area (Å²) in [5.41, 5.74) is 6.97. The van der Waals surface area contributed by atoms with Crippen LogP contribution in [0.15, 0.2) is 46.0 Å². The van der Waals surface area contributed by atoms with Crippen LogP contribution in [-0.2, 0) is 4.74 Å². The minimum Gasteiger partial charge on any atom is -0.493 e. The maximum atomic E-state index is 8.85. The lowest BCUT2D eigenvalue weighted by Crippen LogP contribution is -2.56. The zero-order chi connectivity index (χ0) is 21.3. The van der Waals surface area contributed by atoms with Crippen molar-refractivity contribution in [3.8, 4) is 11.8 Å². The zero-order valence-corrected chi connectivity index (χ0v) is 17.4. The van der Waals surface area contributed by atoms with Gasteiger partial charge in [-0.25, -0.2) is 15.0 Å². The monoisotopic (exact) mass is 409 g/mol. The van der Waals surface area contributed by atoms with Gasteiger partial charge in [-0.15, -0.1) is 0 Å². The number of guanidine groups is 1. The van der Waals surface area contributed by atoms with Gasteiger partial charge in [-0.1, -0.05) is 6.08 Å². The summed E-state index contributed by atoms with van der Waals surface area (Å²) in [6.07, 6.45) is 8.15. The van der Waals surface area contributed by atoms with Crippen LogP contribution in [0.5, 0.6) is 5.75 Å². The van der Waals surface area contributed by atoms with Gasteiger partial charge >= 0.3 is 0 Å². The molecule has 2 N–H and O–H groups in total. The van der Waals surface area contributed by atoms with Gasteiger partial charge in [-0.3, -0.25) is 4.90 Å². The van der Waals surface area contributed by atoms with Crippen molar-refractivity contribution in [1.29, 1.82) is 5.26 Å². The molecule has 0 bridgehead atoms. The highest BCUT2D eigenvalue weighted by molar-refractivity contribution is 5.91. The lowest BCUT2D eigenvalue weighted by molar-refractivity contribution is -0.0661. The highest BCUT2D eigenvalue weighted by atomic mass is 16.5. The molecule has 0 saturated carbocycles. The first-order valence-electron chi connectivity index (χ1n) is 9.86. The summed E-state index contributed by atoms with van der Waals surface area (Å²) in [5.74, 6) is 1.55. The molecule has 9 heteroatoms. The Bertz CT molecular complexity index is 889. The first-order valence-corrected chi connectivity index (χ1v) is 9.86. The lowest BCUT2D eigenvalue weighted by Gasteiger charge is -2.43. The molecule has 0 spiro atoms. The molecule has 2 aliphatic rings. The number of aliphatic imine (C=N–C) groups is 2. The maximum absolute atomic E-state index is 8.85. The van der Waals surface area contributed by atoms with Gasteiger partial charge in [0.15, 0.2) is 11.6 Å². The van der Waals surface area contributed by atoms with E-state index in [4.69, 9.17) is 20.5 Å². The van der Waals surface area contributed by atoms with Gasteiger partial charge in [0.2, 0.25) is 5.96 Å². The zero-order valence-electron chi connectivity index (χ0n) is 17.4. The predicted molar refractivity (Wildman–Crippen MR) is 117 cm³/mol. The molecule has 158 valence electrons. The van der Waals surface area contributed by atoms with Crippen molar-refractivity contribution >= 4 is 23.7 Å². The Morgan fingerprint density at radius 3 is 2.73 bits per heavy atom. The van der Waals surface area contributed by atoms with Crippen molar-refractivity contribution < 1.29 is 9.47 Å². The van der Waals surface area contributed by atoms with E-state index in [1.54, 1.807) is 44.5 Å². The van der Waals surface area contributed by atoms with Crippen molar-refractivity contribution in [2.75, 3.05) is 51.4 Å². The van der Waals surface area contributed by atoms with Crippen LogP contribution >= 0.6 is 0 Å². The molecule has 3 rings (SSSR count). The van der Waals surface area contributed by atoms with Crippen molar-refractivity contribution in [3.63, 3.8) is 0 Å². The molecule has 2 saturated heterocycles. The fraction of sp³-hybridized carbons (Fsp3) is 0.429. The summed E-state index contributed by atoms with van der Waals surface area (Å²) < 4.78 is 10.8. The van der Waals surface area contributed by atoms with Gasteiger partial charge in [0.05, 0.1) is 44.3 Å². The van der Waals surface area contributed by atoms with E-state index < -0.39 is 0 Å². The maximum Gasteiger partial charge on any atom is 0.220 e. The molecule has 1 aromatic heterocycles. The van der Waals surface area contributed by atoms with Gasteiger partial charge < -0.3 is 20.1 Å². The molecule has 0 radical (unpaired) electrons. The van der Waals surface area contributed by atoms with Crippen LogP contribution in [0.4, 0.5) is 11.5 Å². The van der Waals surface area contributed by atoms with Crippen LogP contribution in [0.25, 0.3) is 0 Å². The molecule has 1 aromatic rings. The minimum atomic E-state index is 0.0894. The van der Waals surface area contributed by atoms with Crippen LogP contribution in [0, 0.1) is 11.3 Å². The molecule has 2 aliphatic heterocycles. The van der Waals surface area contributed by atoms with E-state index in [0.717, 1.165) is 45.2 Å². The number of allylic oxidation sites excluding steroid dienone is 4. The number of piperazine rings is 1. The first-order chi connectivity index (χ1) is 14.6. The Hall–Kier alpha value is -3.22. The van der Waals surface area contributed by atoms with Gasteiger partial charge in [0.1, 0.15) is 0 Å².